The van der Waals surface area contributed by atoms with Gasteiger partial charge >= 0.3 is 0 Å². The standard InChI is InChI=1S/C13H24O2S2/c1-10-2-6-12(7-3-10)17(14,15)13-8-4-11(16)5-9-13/h10-13,16H,2-9H2,1H3. The summed E-state index contributed by atoms with van der Waals surface area (Å²) in [5.41, 5.74) is 0. The third kappa shape index (κ3) is 3.19. The van der Waals surface area contributed by atoms with E-state index >= 15 is 0 Å². The maximum Gasteiger partial charge on any atom is 0.156 e. The number of thiol groups is 1. The van der Waals surface area contributed by atoms with Crippen molar-refractivity contribution in [3.8, 4) is 0 Å². The van der Waals surface area contributed by atoms with E-state index in [0.29, 0.717) is 5.25 Å². The van der Waals surface area contributed by atoms with E-state index < -0.39 is 9.84 Å². The van der Waals surface area contributed by atoms with Crippen molar-refractivity contribution in [1.29, 1.82) is 0 Å². The van der Waals surface area contributed by atoms with E-state index in [0.717, 1.165) is 57.3 Å². The Balaban J connectivity index is 1.98. The van der Waals surface area contributed by atoms with E-state index in [9.17, 15) is 8.42 Å². The zero-order valence-electron chi connectivity index (χ0n) is 10.6. The fraction of sp³-hybridized carbons (Fsp3) is 1.00. The summed E-state index contributed by atoms with van der Waals surface area (Å²) in [5, 5.41) is 0.317. The van der Waals surface area contributed by atoms with Crippen molar-refractivity contribution < 1.29 is 8.42 Å². The third-order valence-electron chi connectivity index (χ3n) is 4.54. The van der Waals surface area contributed by atoms with Gasteiger partial charge in [-0.05, 0) is 57.3 Å². The average molecular weight is 276 g/mol. The molecule has 0 bridgehead atoms. The van der Waals surface area contributed by atoms with Gasteiger partial charge in [0.05, 0.1) is 10.5 Å². The SMILES string of the molecule is CC1CCC(S(=O)(=O)C2CCC(S)CC2)CC1. The lowest BCUT2D eigenvalue weighted by molar-refractivity contribution is 0.377. The molecule has 0 spiro atoms. The quantitative estimate of drug-likeness (QED) is 0.786. The minimum Gasteiger partial charge on any atom is -0.228 e. The Kier molecular flexibility index (Phi) is 4.45. The highest BCUT2D eigenvalue weighted by molar-refractivity contribution is 7.92. The highest BCUT2D eigenvalue weighted by atomic mass is 32.2. The molecule has 0 aromatic carbocycles. The van der Waals surface area contributed by atoms with Crippen LogP contribution >= 0.6 is 12.6 Å². The lowest BCUT2D eigenvalue weighted by atomic mass is 9.91. The van der Waals surface area contributed by atoms with E-state index in [1.54, 1.807) is 0 Å². The second-order valence-electron chi connectivity index (χ2n) is 5.90. The fourth-order valence-electron chi connectivity index (χ4n) is 3.20. The van der Waals surface area contributed by atoms with Crippen molar-refractivity contribution in [2.45, 2.75) is 74.0 Å². The molecule has 0 radical (unpaired) electrons. The molecule has 0 aromatic rings. The van der Waals surface area contributed by atoms with Crippen LogP contribution in [0.1, 0.15) is 58.3 Å². The molecule has 2 rings (SSSR count). The molecule has 2 saturated carbocycles. The van der Waals surface area contributed by atoms with Crippen LogP contribution in [0.5, 0.6) is 0 Å². The van der Waals surface area contributed by atoms with Crippen molar-refractivity contribution in [2.75, 3.05) is 0 Å². The van der Waals surface area contributed by atoms with Crippen LogP contribution in [0.25, 0.3) is 0 Å². The molecule has 0 unspecified atom stereocenters. The predicted octanol–water partition coefficient (Wildman–Crippen LogP) is 3.22. The molecule has 17 heavy (non-hydrogen) atoms. The Bertz CT molecular complexity index is 306. The Morgan fingerprint density at radius 2 is 1.24 bits per heavy atom. The summed E-state index contributed by atoms with van der Waals surface area (Å²) in [6.45, 7) is 2.23. The van der Waals surface area contributed by atoms with Gasteiger partial charge in [0.25, 0.3) is 0 Å². The highest BCUT2D eigenvalue weighted by Crippen LogP contribution is 2.35. The van der Waals surface area contributed by atoms with Gasteiger partial charge < -0.3 is 0 Å². The van der Waals surface area contributed by atoms with Crippen LogP contribution in [0.2, 0.25) is 0 Å². The van der Waals surface area contributed by atoms with E-state index in [4.69, 9.17) is 0 Å². The first-order valence-electron chi connectivity index (χ1n) is 6.91. The van der Waals surface area contributed by atoms with E-state index in [1.807, 2.05) is 0 Å². The van der Waals surface area contributed by atoms with Gasteiger partial charge in [-0.3, -0.25) is 0 Å². The Morgan fingerprint density at radius 3 is 1.71 bits per heavy atom. The second kappa shape index (κ2) is 5.52. The Morgan fingerprint density at radius 1 is 0.824 bits per heavy atom. The highest BCUT2D eigenvalue weighted by Gasteiger charge is 2.37. The molecule has 2 aliphatic carbocycles. The molecule has 2 nitrogen and oxygen atoms in total. The van der Waals surface area contributed by atoms with Gasteiger partial charge in [-0.25, -0.2) is 8.42 Å². The first-order valence-corrected chi connectivity index (χ1v) is 9.03. The van der Waals surface area contributed by atoms with Gasteiger partial charge in [0.15, 0.2) is 9.84 Å². The molecule has 100 valence electrons. The van der Waals surface area contributed by atoms with E-state index in [1.165, 1.54) is 0 Å². The Hall–Kier alpha value is 0.300. The number of rotatable bonds is 2. The van der Waals surface area contributed by atoms with Gasteiger partial charge in [-0.1, -0.05) is 6.92 Å². The number of sulfone groups is 1. The largest absolute Gasteiger partial charge is 0.228 e. The minimum atomic E-state index is -2.87. The van der Waals surface area contributed by atoms with Gasteiger partial charge in [0.2, 0.25) is 0 Å². The number of hydrogen-bond acceptors (Lipinski definition) is 3. The van der Waals surface area contributed by atoms with Crippen LogP contribution in [0.3, 0.4) is 0 Å². The normalized spacial score (nSPS) is 40.1. The maximum atomic E-state index is 12.5. The smallest absolute Gasteiger partial charge is 0.156 e. The minimum absolute atomic E-state index is 0.0415. The van der Waals surface area contributed by atoms with Crippen LogP contribution < -0.4 is 0 Å². The summed E-state index contributed by atoms with van der Waals surface area (Å²) in [6, 6.07) is 0. The monoisotopic (exact) mass is 276 g/mol. The van der Waals surface area contributed by atoms with E-state index in [2.05, 4.69) is 19.6 Å². The zero-order chi connectivity index (χ0) is 12.5. The molecule has 0 atom stereocenters. The molecule has 2 aliphatic rings. The van der Waals surface area contributed by atoms with Crippen LogP contribution in [0, 0.1) is 5.92 Å². The van der Waals surface area contributed by atoms with Crippen molar-refractivity contribution >= 4 is 22.5 Å². The molecule has 0 aliphatic heterocycles. The van der Waals surface area contributed by atoms with Crippen molar-refractivity contribution in [1.82, 2.24) is 0 Å². The third-order valence-corrected chi connectivity index (χ3v) is 7.85. The molecule has 0 heterocycles. The van der Waals surface area contributed by atoms with Crippen LogP contribution in [0.4, 0.5) is 0 Å². The van der Waals surface area contributed by atoms with E-state index in [-0.39, 0.29) is 10.5 Å². The molecule has 0 aromatic heterocycles. The second-order valence-corrected chi connectivity index (χ2v) is 9.14. The van der Waals surface area contributed by atoms with Crippen molar-refractivity contribution in [3.05, 3.63) is 0 Å². The first-order chi connectivity index (χ1) is 8.00. The Labute approximate surface area is 111 Å². The molecular weight excluding hydrogens is 252 g/mol. The van der Waals surface area contributed by atoms with Gasteiger partial charge in [0.1, 0.15) is 0 Å². The molecule has 0 saturated heterocycles. The van der Waals surface area contributed by atoms with Crippen molar-refractivity contribution in [3.63, 3.8) is 0 Å². The summed E-state index contributed by atoms with van der Waals surface area (Å²) in [7, 11) is -2.87. The number of hydrogen-bond donors (Lipinski definition) is 1. The summed E-state index contributed by atoms with van der Waals surface area (Å²) in [5.74, 6) is 0.717. The summed E-state index contributed by atoms with van der Waals surface area (Å²) < 4.78 is 25.1. The zero-order valence-corrected chi connectivity index (χ0v) is 12.3. The fourth-order valence-corrected chi connectivity index (χ4v) is 5.90. The molecule has 0 N–H and O–H groups in total. The van der Waals surface area contributed by atoms with Crippen LogP contribution in [-0.2, 0) is 9.84 Å². The molecule has 0 amide bonds. The predicted molar refractivity (Wildman–Crippen MR) is 75.4 cm³/mol. The molecule has 2 fully saturated rings. The molecule has 4 heteroatoms. The first kappa shape index (κ1) is 13.7. The topological polar surface area (TPSA) is 34.1 Å². The summed E-state index contributed by atoms with van der Waals surface area (Å²) in [4.78, 5) is 0. The van der Waals surface area contributed by atoms with Gasteiger partial charge in [-0.15, -0.1) is 0 Å². The summed E-state index contributed by atoms with van der Waals surface area (Å²) in [6.07, 6.45) is 7.57. The van der Waals surface area contributed by atoms with Gasteiger partial charge in [0, 0.05) is 5.25 Å². The lowest BCUT2D eigenvalue weighted by Gasteiger charge is -2.32. The average Bonchev–Trinajstić information content (AvgIpc) is 2.30. The van der Waals surface area contributed by atoms with Crippen LogP contribution in [0.15, 0.2) is 0 Å². The summed E-state index contributed by atoms with van der Waals surface area (Å²) >= 11 is 4.44. The molecular formula is C13H24O2S2. The lowest BCUT2D eigenvalue weighted by Crippen LogP contribution is -2.37. The van der Waals surface area contributed by atoms with Gasteiger partial charge in [-0.2, -0.15) is 12.6 Å². The maximum absolute atomic E-state index is 12.5. The van der Waals surface area contributed by atoms with Crippen molar-refractivity contribution in [2.24, 2.45) is 5.92 Å². The van der Waals surface area contributed by atoms with Crippen LogP contribution in [-0.4, -0.2) is 24.2 Å².